The molecule has 2 N–H and O–H groups in total. The zero-order chi connectivity index (χ0) is 12.7. The van der Waals surface area contributed by atoms with Crippen molar-refractivity contribution in [2.75, 3.05) is 5.73 Å². The Morgan fingerprint density at radius 2 is 2.11 bits per heavy atom. The monoisotopic (exact) mass is 246 g/mol. The molecule has 1 aromatic carbocycles. The number of anilines is 1. The van der Waals surface area contributed by atoms with E-state index >= 15 is 0 Å². The molecule has 1 aliphatic rings. The van der Waals surface area contributed by atoms with Crippen LogP contribution in [-0.4, -0.2) is 5.16 Å². The first kappa shape index (κ1) is 11.3. The number of nitrogen functional groups attached to an aromatic ring is 1. The Labute approximate surface area is 105 Å². The Kier molecular flexibility index (Phi) is 2.58. The highest BCUT2D eigenvalue weighted by Crippen LogP contribution is 2.46. The molecule has 1 atom stereocenters. The maximum Gasteiger partial charge on any atom is 0.175 e. The van der Waals surface area contributed by atoms with Crippen molar-refractivity contribution in [1.82, 2.24) is 5.16 Å². The topological polar surface area (TPSA) is 52.0 Å². The van der Waals surface area contributed by atoms with Crippen LogP contribution in [0.2, 0.25) is 0 Å². The predicted molar refractivity (Wildman–Crippen MR) is 67.4 cm³/mol. The second-order valence-electron chi connectivity index (χ2n) is 4.91. The Morgan fingerprint density at radius 1 is 1.39 bits per heavy atom. The summed E-state index contributed by atoms with van der Waals surface area (Å²) in [5.41, 5.74) is 6.92. The van der Waals surface area contributed by atoms with Gasteiger partial charge in [0.1, 0.15) is 11.6 Å². The van der Waals surface area contributed by atoms with Crippen LogP contribution in [0.1, 0.15) is 31.4 Å². The Balaban J connectivity index is 2.11. The third-order valence-electron chi connectivity index (χ3n) is 3.63. The first-order valence-electron chi connectivity index (χ1n) is 6.18. The van der Waals surface area contributed by atoms with Crippen molar-refractivity contribution >= 4 is 5.82 Å². The summed E-state index contributed by atoms with van der Waals surface area (Å²) in [6.07, 6.45) is 2.39. The van der Waals surface area contributed by atoms with Crippen molar-refractivity contribution in [3.8, 4) is 11.1 Å². The quantitative estimate of drug-likeness (QED) is 0.900. The minimum atomic E-state index is -0.295. The van der Waals surface area contributed by atoms with Gasteiger partial charge in [-0.3, -0.25) is 0 Å². The molecule has 4 heteroatoms. The van der Waals surface area contributed by atoms with Crippen LogP contribution >= 0.6 is 0 Å². The van der Waals surface area contributed by atoms with Crippen LogP contribution in [0.4, 0.5) is 10.2 Å². The van der Waals surface area contributed by atoms with Crippen LogP contribution in [0, 0.1) is 11.7 Å². The van der Waals surface area contributed by atoms with Gasteiger partial charge in [-0.2, -0.15) is 0 Å². The van der Waals surface area contributed by atoms with Gasteiger partial charge >= 0.3 is 0 Å². The molecular formula is C14H15FN2O. The highest BCUT2D eigenvalue weighted by Gasteiger charge is 2.34. The fourth-order valence-corrected chi connectivity index (χ4v) is 2.37. The summed E-state index contributed by atoms with van der Waals surface area (Å²) in [7, 11) is 0. The highest BCUT2D eigenvalue weighted by molar-refractivity contribution is 5.76. The highest BCUT2D eigenvalue weighted by atomic mass is 19.1. The minimum Gasteiger partial charge on any atom is -0.380 e. The molecule has 1 aliphatic carbocycles. The van der Waals surface area contributed by atoms with Crippen molar-refractivity contribution in [2.45, 2.75) is 25.7 Å². The summed E-state index contributed by atoms with van der Waals surface area (Å²) >= 11 is 0. The van der Waals surface area contributed by atoms with Gasteiger partial charge in [-0.05, 0) is 24.8 Å². The molecule has 1 heterocycles. The summed E-state index contributed by atoms with van der Waals surface area (Å²) < 4.78 is 19.2. The van der Waals surface area contributed by atoms with E-state index in [4.69, 9.17) is 10.3 Å². The average Bonchev–Trinajstić information content (AvgIpc) is 3.14. The predicted octanol–water partition coefficient (Wildman–Crippen LogP) is 3.58. The van der Waals surface area contributed by atoms with E-state index in [9.17, 15) is 4.39 Å². The van der Waals surface area contributed by atoms with Crippen LogP contribution in [0.25, 0.3) is 11.1 Å². The van der Waals surface area contributed by atoms with Crippen LogP contribution in [0.3, 0.4) is 0 Å². The largest absolute Gasteiger partial charge is 0.380 e. The van der Waals surface area contributed by atoms with E-state index in [2.05, 4.69) is 12.1 Å². The van der Waals surface area contributed by atoms with Crippen LogP contribution in [0.5, 0.6) is 0 Å². The van der Waals surface area contributed by atoms with Crippen molar-refractivity contribution in [2.24, 2.45) is 5.92 Å². The molecule has 0 amide bonds. The van der Waals surface area contributed by atoms with E-state index in [0.29, 0.717) is 22.8 Å². The number of benzene rings is 1. The number of nitrogens with two attached hydrogens (primary N) is 1. The molecule has 0 radical (unpaired) electrons. The Morgan fingerprint density at radius 3 is 2.78 bits per heavy atom. The molecule has 0 saturated heterocycles. The van der Waals surface area contributed by atoms with Gasteiger partial charge in [0.25, 0.3) is 0 Å². The molecule has 1 saturated carbocycles. The molecule has 2 aromatic rings. The van der Waals surface area contributed by atoms with Gasteiger partial charge in [0.2, 0.25) is 0 Å². The second-order valence-corrected chi connectivity index (χ2v) is 4.91. The van der Waals surface area contributed by atoms with E-state index in [1.807, 2.05) is 0 Å². The number of nitrogens with zero attached hydrogens (tertiary/aromatic N) is 1. The second kappa shape index (κ2) is 4.12. The standard InChI is InChI=1S/C14H15FN2O/c1-8(9-6-7-9)13-12(14(16)17-18-13)10-4-2-3-5-11(10)15/h2-5,8-9H,6-7H2,1H3,(H2,16,17). The normalized spacial score (nSPS) is 16.8. The fourth-order valence-electron chi connectivity index (χ4n) is 2.37. The van der Waals surface area contributed by atoms with Crippen molar-refractivity contribution < 1.29 is 8.91 Å². The zero-order valence-corrected chi connectivity index (χ0v) is 10.2. The molecule has 0 spiro atoms. The lowest BCUT2D eigenvalue weighted by Crippen LogP contribution is -1.98. The lowest BCUT2D eigenvalue weighted by Gasteiger charge is -2.09. The van der Waals surface area contributed by atoms with E-state index in [1.165, 1.54) is 18.9 Å². The molecular weight excluding hydrogens is 231 g/mol. The molecule has 18 heavy (non-hydrogen) atoms. The van der Waals surface area contributed by atoms with Gasteiger partial charge in [-0.15, -0.1) is 0 Å². The number of hydrogen-bond acceptors (Lipinski definition) is 3. The Bertz CT molecular complexity index is 575. The SMILES string of the molecule is CC(c1onc(N)c1-c1ccccc1F)C1CC1. The van der Waals surface area contributed by atoms with Crippen molar-refractivity contribution in [3.63, 3.8) is 0 Å². The summed E-state index contributed by atoms with van der Waals surface area (Å²) in [6, 6.07) is 6.58. The molecule has 1 unspecified atom stereocenters. The average molecular weight is 246 g/mol. The third kappa shape index (κ3) is 1.78. The van der Waals surface area contributed by atoms with Crippen molar-refractivity contribution in [1.29, 1.82) is 0 Å². The smallest absolute Gasteiger partial charge is 0.175 e. The van der Waals surface area contributed by atoms with Crippen LogP contribution < -0.4 is 5.73 Å². The maximum absolute atomic E-state index is 13.9. The first-order chi connectivity index (χ1) is 8.68. The number of rotatable bonds is 3. The molecule has 3 nitrogen and oxygen atoms in total. The van der Waals surface area contributed by atoms with E-state index in [1.54, 1.807) is 18.2 Å². The summed E-state index contributed by atoms with van der Waals surface area (Å²) in [5, 5.41) is 3.80. The van der Waals surface area contributed by atoms with Gasteiger partial charge in [0, 0.05) is 11.5 Å². The summed E-state index contributed by atoms with van der Waals surface area (Å²) in [5.74, 6) is 1.53. The summed E-state index contributed by atoms with van der Waals surface area (Å²) in [6.45, 7) is 2.09. The summed E-state index contributed by atoms with van der Waals surface area (Å²) in [4.78, 5) is 0. The lowest BCUT2D eigenvalue weighted by molar-refractivity contribution is 0.358. The Hall–Kier alpha value is -1.84. The van der Waals surface area contributed by atoms with Gasteiger partial charge < -0.3 is 10.3 Å². The van der Waals surface area contributed by atoms with Gasteiger partial charge in [-0.1, -0.05) is 30.3 Å². The molecule has 0 aliphatic heterocycles. The molecule has 1 aromatic heterocycles. The lowest BCUT2D eigenvalue weighted by atomic mass is 9.95. The number of aromatic nitrogens is 1. The molecule has 94 valence electrons. The first-order valence-corrected chi connectivity index (χ1v) is 6.18. The van der Waals surface area contributed by atoms with Gasteiger partial charge in [0.05, 0.1) is 5.56 Å². The molecule has 1 fully saturated rings. The van der Waals surface area contributed by atoms with E-state index in [-0.39, 0.29) is 17.6 Å². The maximum atomic E-state index is 13.9. The number of halogens is 1. The fraction of sp³-hybridized carbons (Fsp3) is 0.357. The molecule has 3 rings (SSSR count). The third-order valence-corrected chi connectivity index (χ3v) is 3.63. The zero-order valence-electron chi connectivity index (χ0n) is 10.2. The van der Waals surface area contributed by atoms with Crippen molar-refractivity contribution in [3.05, 3.63) is 35.8 Å². The molecule has 0 bridgehead atoms. The van der Waals surface area contributed by atoms with E-state index in [0.717, 1.165) is 0 Å². The van der Waals surface area contributed by atoms with E-state index < -0.39 is 0 Å². The van der Waals surface area contributed by atoms with Crippen LogP contribution in [-0.2, 0) is 0 Å². The minimum absolute atomic E-state index is 0.240. The number of hydrogen-bond donors (Lipinski definition) is 1. The van der Waals surface area contributed by atoms with Gasteiger partial charge in [-0.25, -0.2) is 4.39 Å². The van der Waals surface area contributed by atoms with Crippen LogP contribution in [0.15, 0.2) is 28.8 Å². The van der Waals surface area contributed by atoms with Gasteiger partial charge in [0.15, 0.2) is 5.82 Å².